The van der Waals surface area contributed by atoms with Gasteiger partial charge in [0, 0.05) is 6.54 Å². The van der Waals surface area contributed by atoms with Gasteiger partial charge < -0.3 is 9.64 Å². The maximum absolute atomic E-state index is 13.6. The van der Waals surface area contributed by atoms with E-state index in [1.807, 2.05) is 13.0 Å². The molecular weight excluding hydrogens is 357 g/mol. The van der Waals surface area contributed by atoms with E-state index in [4.69, 9.17) is 16.3 Å². The van der Waals surface area contributed by atoms with Crippen molar-refractivity contribution in [2.24, 2.45) is 0 Å². The molecule has 0 saturated heterocycles. The number of aryl methyl sites for hydroxylation is 1. The van der Waals surface area contributed by atoms with Gasteiger partial charge in [0.25, 0.3) is 5.91 Å². The topological polar surface area (TPSA) is 46.6 Å². The maximum atomic E-state index is 13.6. The first kappa shape index (κ1) is 18.4. The number of carbonyl (C=O) groups excluding carboxylic acids is 2. The van der Waals surface area contributed by atoms with Gasteiger partial charge >= 0.3 is 5.97 Å². The van der Waals surface area contributed by atoms with Crippen LogP contribution in [0.25, 0.3) is 0 Å². The number of hydrogen-bond donors (Lipinski definition) is 0. The van der Waals surface area contributed by atoms with Gasteiger partial charge in [-0.3, -0.25) is 4.79 Å². The van der Waals surface area contributed by atoms with Gasteiger partial charge in [-0.15, -0.1) is 0 Å². The minimum absolute atomic E-state index is 0.145. The molecule has 136 valence electrons. The van der Waals surface area contributed by atoms with E-state index in [0.717, 1.165) is 30.0 Å². The number of rotatable bonds is 4. The van der Waals surface area contributed by atoms with E-state index in [9.17, 15) is 14.0 Å². The number of hydrogen-bond acceptors (Lipinski definition) is 3. The summed E-state index contributed by atoms with van der Waals surface area (Å²) in [5.41, 5.74) is 2.62. The third kappa shape index (κ3) is 3.31. The third-order valence-corrected chi connectivity index (χ3v) is 5.08. The first-order valence-electron chi connectivity index (χ1n) is 8.43. The summed E-state index contributed by atoms with van der Waals surface area (Å²) in [5.74, 6) is -1.24. The number of amides is 1. The van der Waals surface area contributed by atoms with Gasteiger partial charge in [0.15, 0.2) is 0 Å². The van der Waals surface area contributed by atoms with E-state index in [1.54, 1.807) is 17.0 Å². The fourth-order valence-corrected chi connectivity index (χ4v) is 3.67. The smallest absolute Gasteiger partial charge is 0.337 e. The second-order valence-corrected chi connectivity index (χ2v) is 6.58. The molecular formula is C20H19ClFNO3. The minimum atomic E-state index is -0.506. The number of esters is 1. The van der Waals surface area contributed by atoms with Crippen LogP contribution in [0.4, 0.5) is 4.39 Å². The summed E-state index contributed by atoms with van der Waals surface area (Å²) in [6, 6.07) is 8.99. The summed E-state index contributed by atoms with van der Waals surface area (Å²) >= 11 is 6.11. The number of methoxy groups -OCH3 is 1. The van der Waals surface area contributed by atoms with Crippen molar-refractivity contribution >= 4 is 23.5 Å². The Labute approximate surface area is 156 Å². The number of fused-ring (bicyclic) bond motifs is 1. The van der Waals surface area contributed by atoms with Crippen molar-refractivity contribution in [2.45, 2.75) is 25.8 Å². The molecule has 3 rings (SSSR count). The Bertz CT molecular complexity index is 868. The van der Waals surface area contributed by atoms with E-state index < -0.39 is 11.8 Å². The van der Waals surface area contributed by atoms with E-state index in [2.05, 4.69) is 0 Å². The van der Waals surface area contributed by atoms with Crippen LogP contribution in [0.1, 0.15) is 51.2 Å². The summed E-state index contributed by atoms with van der Waals surface area (Å²) in [5, 5.41) is 0.219. The van der Waals surface area contributed by atoms with Crippen LogP contribution < -0.4 is 0 Å². The average Bonchev–Trinajstić information content (AvgIpc) is 3.06. The summed E-state index contributed by atoms with van der Waals surface area (Å²) < 4.78 is 18.4. The van der Waals surface area contributed by atoms with Crippen LogP contribution in [0.5, 0.6) is 0 Å². The zero-order valence-corrected chi connectivity index (χ0v) is 15.3. The predicted octanol–water partition coefficient (Wildman–Crippen LogP) is 4.42. The van der Waals surface area contributed by atoms with Crippen LogP contribution >= 0.6 is 11.6 Å². The Balaban J connectivity index is 1.97. The van der Waals surface area contributed by atoms with Crippen LogP contribution in [-0.2, 0) is 11.2 Å². The van der Waals surface area contributed by atoms with Crippen LogP contribution in [0, 0.1) is 5.82 Å². The molecule has 0 radical (unpaired) electrons. The number of nitrogens with zero attached hydrogens (tertiary/aromatic N) is 1. The van der Waals surface area contributed by atoms with Crippen LogP contribution in [0.2, 0.25) is 5.02 Å². The SMILES string of the molecule is CCN(C(=O)c1cc(F)ccc1Cl)[C@@H]1CCc2ccc(C(=O)OC)cc21. The third-order valence-electron chi connectivity index (χ3n) is 4.75. The lowest BCUT2D eigenvalue weighted by molar-refractivity contribution is 0.0600. The van der Waals surface area contributed by atoms with Gasteiger partial charge in [0.2, 0.25) is 0 Å². The molecule has 1 amide bonds. The molecule has 0 unspecified atom stereocenters. The van der Waals surface area contributed by atoms with Crippen molar-refractivity contribution in [3.05, 3.63) is 69.5 Å². The molecule has 0 heterocycles. The molecule has 2 aromatic carbocycles. The standard InChI is InChI=1S/C20H19ClFNO3/c1-3-23(19(24)16-11-14(22)7-8-17(16)21)18-9-6-12-4-5-13(10-15(12)18)20(25)26-2/h4-5,7-8,10-11,18H,3,6,9H2,1-2H3/t18-/m1/s1. The van der Waals surface area contributed by atoms with Crippen molar-refractivity contribution in [3.63, 3.8) is 0 Å². The quantitative estimate of drug-likeness (QED) is 0.743. The first-order chi connectivity index (χ1) is 12.5. The Kier molecular flexibility index (Phi) is 5.28. The Morgan fingerprint density at radius 3 is 2.73 bits per heavy atom. The molecule has 4 nitrogen and oxygen atoms in total. The summed E-state index contributed by atoms with van der Waals surface area (Å²) in [6.45, 7) is 2.31. The fraction of sp³-hybridized carbons (Fsp3) is 0.300. The summed E-state index contributed by atoms with van der Waals surface area (Å²) in [7, 11) is 1.33. The Hall–Kier alpha value is -2.40. The average molecular weight is 376 g/mol. The second kappa shape index (κ2) is 7.46. The van der Waals surface area contributed by atoms with Crippen LogP contribution in [0.3, 0.4) is 0 Å². The number of benzene rings is 2. The van der Waals surface area contributed by atoms with E-state index in [1.165, 1.54) is 19.2 Å². The molecule has 1 aliphatic carbocycles. The van der Waals surface area contributed by atoms with Crippen molar-refractivity contribution in [3.8, 4) is 0 Å². The summed E-state index contributed by atoms with van der Waals surface area (Å²) in [6.07, 6.45) is 1.55. The van der Waals surface area contributed by atoms with Gasteiger partial charge in [-0.05, 0) is 61.2 Å². The van der Waals surface area contributed by atoms with E-state index in [-0.39, 0.29) is 22.5 Å². The lowest BCUT2D eigenvalue weighted by atomic mass is 10.0. The molecule has 0 spiro atoms. The van der Waals surface area contributed by atoms with E-state index in [0.29, 0.717) is 12.1 Å². The Morgan fingerprint density at radius 1 is 1.27 bits per heavy atom. The van der Waals surface area contributed by atoms with Crippen molar-refractivity contribution in [1.29, 1.82) is 0 Å². The molecule has 0 aliphatic heterocycles. The van der Waals surface area contributed by atoms with Crippen molar-refractivity contribution < 1.29 is 18.7 Å². The zero-order valence-electron chi connectivity index (χ0n) is 14.6. The maximum Gasteiger partial charge on any atom is 0.337 e. The molecule has 6 heteroatoms. The highest BCUT2D eigenvalue weighted by Gasteiger charge is 2.32. The predicted molar refractivity (Wildman–Crippen MR) is 97.0 cm³/mol. The molecule has 0 fully saturated rings. The fourth-order valence-electron chi connectivity index (χ4n) is 3.47. The largest absolute Gasteiger partial charge is 0.465 e. The van der Waals surface area contributed by atoms with Gasteiger partial charge in [0.05, 0.1) is 29.3 Å². The van der Waals surface area contributed by atoms with Crippen molar-refractivity contribution in [2.75, 3.05) is 13.7 Å². The highest BCUT2D eigenvalue weighted by molar-refractivity contribution is 6.33. The Morgan fingerprint density at radius 2 is 2.04 bits per heavy atom. The van der Waals surface area contributed by atoms with Crippen LogP contribution in [-0.4, -0.2) is 30.4 Å². The summed E-state index contributed by atoms with van der Waals surface area (Å²) in [4.78, 5) is 26.5. The van der Waals surface area contributed by atoms with Crippen LogP contribution in [0.15, 0.2) is 36.4 Å². The number of halogens is 2. The molecule has 1 aliphatic rings. The molecule has 26 heavy (non-hydrogen) atoms. The monoisotopic (exact) mass is 375 g/mol. The lowest BCUT2D eigenvalue weighted by Crippen LogP contribution is -2.34. The lowest BCUT2D eigenvalue weighted by Gasteiger charge is -2.29. The molecule has 0 N–H and O–H groups in total. The molecule has 1 atom stereocenters. The first-order valence-corrected chi connectivity index (χ1v) is 8.81. The van der Waals surface area contributed by atoms with Gasteiger partial charge in [-0.25, -0.2) is 9.18 Å². The number of carbonyl (C=O) groups is 2. The highest BCUT2D eigenvalue weighted by atomic mass is 35.5. The minimum Gasteiger partial charge on any atom is -0.465 e. The van der Waals surface area contributed by atoms with Gasteiger partial charge in [0.1, 0.15) is 5.82 Å². The zero-order chi connectivity index (χ0) is 18.8. The molecule has 0 bridgehead atoms. The molecule has 2 aromatic rings. The van der Waals surface area contributed by atoms with Crippen molar-refractivity contribution in [1.82, 2.24) is 4.90 Å². The molecule has 0 saturated carbocycles. The number of ether oxygens (including phenoxy) is 1. The second-order valence-electron chi connectivity index (χ2n) is 6.17. The normalized spacial score (nSPS) is 15.5. The van der Waals surface area contributed by atoms with Gasteiger partial charge in [-0.1, -0.05) is 17.7 Å². The van der Waals surface area contributed by atoms with Gasteiger partial charge in [-0.2, -0.15) is 0 Å². The van der Waals surface area contributed by atoms with E-state index >= 15 is 0 Å². The molecule has 0 aromatic heterocycles. The highest BCUT2D eigenvalue weighted by Crippen LogP contribution is 2.37.